The zero-order valence-corrected chi connectivity index (χ0v) is 11.8. The molecule has 2 aromatic heterocycles. The van der Waals surface area contributed by atoms with Crippen LogP contribution in [0.3, 0.4) is 0 Å². The highest BCUT2D eigenvalue weighted by Gasteiger charge is 2.18. The molecule has 6 heteroatoms. The summed E-state index contributed by atoms with van der Waals surface area (Å²) in [6.07, 6.45) is 0. The second-order valence-electron chi connectivity index (χ2n) is 4.60. The third kappa shape index (κ3) is 2.06. The minimum atomic E-state index is 0.0633. The topological polar surface area (TPSA) is 66.7 Å². The number of benzene rings is 1. The predicted molar refractivity (Wildman–Crippen MR) is 77.3 cm³/mol. The van der Waals surface area contributed by atoms with Crippen LogP contribution in [0, 0.1) is 13.8 Å². The van der Waals surface area contributed by atoms with E-state index in [4.69, 9.17) is 11.6 Å². The van der Waals surface area contributed by atoms with E-state index < -0.39 is 0 Å². The second-order valence-corrected chi connectivity index (χ2v) is 5.04. The van der Waals surface area contributed by atoms with E-state index in [0.29, 0.717) is 22.0 Å². The van der Waals surface area contributed by atoms with E-state index in [-0.39, 0.29) is 5.88 Å². The Hall–Kier alpha value is -2.27. The fraction of sp³-hybridized carbons (Fsp3) is 0.143. The fourth-order valence-electron chi connectivity index (χ4n) is 2.17. The summed E-state index contributed by atoms with van der Waals surface area (Å²) in [6, 6.07) is 9.04. The van der Waals surface area contributed by atoms with Crippen LogP contribution in [-0.4, -0.2) is 25.1 Å². The molecule has 3 aromatic rings. The maximum Gasteiger partial charge on any atom is 0.224 e. The molecule has 0 spiro atoms. The third-order valence-electron chi connectivity index (χ3n) is 3.06. The Kier molecular flexibility index (Phi) is 2.99. The van der Waals surface area contributed by atoms with Crippen LogP contribution in [0.1, 0.15) is 11.4 Å². The third-order valence-corrected chi connectivity index (χ3v) is 3.30. The average Bonchev–Trinajstić information content (AvgIpc) is 2.93. The van der Waals surface area contributed by atoms with Crippen molar-refractivity contribution >= 4 is 11.6 Å². The van der Waals surface area contributed by atoms with E-state index in [9.17, 15) is 5.11 Å². The van der Waals surface area contributed by atoms with Crippen LogP contribution in [0.2, 0.25) is 5.02 Å². The van der Waals surface area contributed by atoms with Crippen molar-refractivity contribution in [1.82, 2.24) is 20.0 Å². The predicted octanol–water partition coefficient (Wildman–Crippen LogP) is 3.24. The van der Waals surface area contributed by atoms with Crippen LogP contribution in [0.15, 0.2) is 30.3 Å². The van der Waals surface area contributed by atoms with Crippen molar-refractivity contribution in [1.29, 1.82) is 0 Å². The number of hydrogen-bond donors (Lipinski definition) is 2. The van der Waals surface area contributed by atoms with Crippen molar-refractivity contribution < 1.29 is 5.11 Å². The number of nitrogens with one attached hydrogen (secondary N) is 1. The molecule has 0 saturated carbocycles. The first-order valence-corrected chi connectivity index (χ1v) is 6.51. The number of aryl methyl sites for hydroxylation is 2. The summed E-state index contributed by atoms with van der Waals surface area (Å²) in [6.45, 7) is 3.72. The van der Waals surface area contributed by atoms with Crippen molar-refractivity contribution in [3.63, 3.8) is 0 Å². The van der Waals surface area contributed by atoms with Crippen molar-refractivity contribution in [2.24, 2.45) is 0 Å². The Bertz CT molecular complexity index is 775. The van der Waals surface area contributed by atoms with E-state index in [1.54, 1.807) is 12.1 Å². The molecule has 5 nitrogen and oxygen atoms in total. The average molecular weight is 289 g/mol. The minimum absolute atomic E-state index is 0.0633. The smallest absolute Gasteiger partial charge is 0.224 e. The van der Waals surface area contributed by atoms with Gasteiger partial charge < -0.3 is 5.11 Å². The first-order valence-electron chi connectivity index (χ1n) is 6.13. The quantitative estimate of drug-likeness (QED) is 0.761. The lowest BCUT2D eigenvalue weighted by Gasteiger charge is -2.03. The molecule has 0 saturated heterocycles. The molecule has 0 unspecified atom stereocenters. The summed E-state index contributed by atoms with van der Waals surface area (Å²) >= 11 is 5.98. The lowest BCUT2D eigenvalue weighted by atomic mass is 10.2. The van der Waals surface area contributed by atoms with E-state index in [1.807, 2.05) is 32.0 Å². The van der Waals surface area contributed by atoms with Crippen LogP contribution >= 0.6 is 11.6 Å². The SMILES string of the molecule is Cc1cc(-c2c(C)nn(-c3cccc(Cl)c3)c2O)[nH]n1. The monoisotopic (exact) mass is 288 g/mol. The molecule has 3 rings (SSSR count). The number of aromatic nitrogens is 4. The van der Waals surface area contributed by atoms with Gasteiger partial charge in [0.2, 0.25) is 5.88 Å². The van der Waals surface area contributed by atoms with Gasteiger partial charge >= 0.3 is 0 Å². The van der Waals surface area contributed by atoms with Crippen LogP contribution in [0.4, 0.5) is 0 Å². The normalized spacial score (nSPS) is 10.9. The van der Waals surface area contributed by atoms with Gasteiger partial charge in [-0.15, -0.1) is 0 Å². The van der Waals surface area contributed by atoms with E-state index in [0.717, 1.165) is 11.4 Å². The van der Waals surface area contributed by atoms with Crippen LogP contribution in [0.25, 0.3) is 16.9 Å². The molecule has 0 atom stereocenters. The number of aromatic hydroxyl groups is 1. The molecule has 2 heterocycles. The zero-order chi connectivity index (χ0) is 14.3. The summed E-state index contributed by atoms with van der Waals surface area (Å²) in [7, 11) is 0. The molecule has 0 bridgehead atoms. The van der Waals surface area contributed by atoms with Gasteiger partial charge in [-0.25, -0.2) is 4.68 Å². The van der Waals surface area contributed by atoms with Gasteiger partial charge in [-0.2, -0.15) is 10.2 Å². The summed E-state index contributed by atoms with van der Waals surface area (Å²) in [5, 5.41) is 22.4. The van der Waals surface area contributed by atoms with Gasteiger partial charge in [-0.1, -0.05) is 17.7 Å². The molecule has 0 aliphatic carbocycles. The Balaban J connectivity index is 2.16. The molecule has 0 aliphatic heterocycles. The van der Waals surface area contributed by atoms with Gasteiger partial charge in [0.1, 0.15) is 0 Å². The lowest BCUT2D eigenvalue weighted by molar-refractivity contribution is 0.435. The highest BCUT2D eigenvalue weighted by molar-refractivity contribution is 6.30. The summed E-state index contributed by atoms with van der Waals surface area (Å²) in [4.78, 5) is 0. The van der Waals surface area contributed by atoms with E-state index >= 15 is 0 Å². The lowest BCUT2D eigenvalue weighted by Crippen LogP contribution is -1.95. The van der Waals surface area contributed by atoms with Crippen LogP contribution < -0.4 is 0 Å². The molecule has 102 valence electrons. The number of hydrogen-bond acceptors (Lipinski definition) is 3. The molecule has 1 aromatic carbocycles. The maximum absolute atomic E-state index is 10.4. The standard InChI is InChI=1S/C14H13ClN4O/c1-8-6-12(17-16-8)13-9(2)18-19(14(13)20)11-5-3-4-10(15)7-11/h3-7,20H,1-2H3,(H,16,17). The Labute approximate surface area is 120 Å². The number of halogens is 1. The molecule has 2 N–H and O–H groups in total. The van der Waals surface area contributed by atoms with Gasteiger partial charge in [0.15, 0.2) is 0 Å². The van der Waals surface area contributed by atoms with Gasteiger partial charge in [-0.05, 0) is 38.1 Å². The minimum Gasteiger partial charge on any atom is -0.493 e. The van der Waals surface area contributed by atoms with E-state index in [2.05, 4.69) is 15.3 Å². The van der Waals surface area contributed by atoms with Crippen LogP contribution in [-0.2, 0) is 0 Å². The number of nitrogens with zero attached hydrogens (tertiary/aromatic N) is 3. The molecule has 0 fully saturated rings. The number of H-pyrrole nitrogens is 1. The van der Waals surface area contributed by atoms with Crippen LogP contribution in [0.5, 0.6) is 5.88 Å². The summed E-state index contributed by atoms with van der Waals surface area (Å²) in [5.41, 5.74) is 3.66. The first-order chi connectivity index (χ1) is 9.56. The highest BCUT2D eigenvalue weighted by atomic mass is 35.5. The Morgan fingerprint density at radius 1 is 1.25 bits per heavy atom. The van der Waals surface area contributed by atoms with Crippen molar-refractivity contribution in [3.8, 4) is 22.8 Å². The van der Waals surface area contributed by atoms with Crippen molar-refractivity contribution in [2.45, 2.75) is 13.8 Å². The number of rotatable bonds is 2. The van der Waals surface area contributed by atoms with Gasteiger partial charge in [0, 0.05) is 5.02 Å². The molecule has 0 amide bonds. The molecule has 0 radical (unpaired) electrons. The molecular formula is C14H13ClN4O. The van der Waals surface area contributed by atoms with Gasteiger partial charge in [0.25, 0.3) is 0 Å². The fourth-order valence-corrected chi connectivity index (χ4v) is 2.35. The Morgan fingerprint density at radius 3 is 2.70 bits per heavy atom. The first kappa shape index (κ1) is 12.7. The number of aromatic amines is 1. The van der Waals surface area contributed by atoms with E-state index in [1.165, 1.54) is 4.68 Å². The van der Waals surface area contributed by atoms with Crippen molar-refractivity contribution in [3.05, 3.63) is 46.7 Å². The molecule has 0 aliphatic rings. The zero-order valence-electron chi connectivity index (χ0n) is 11.1. The van der Waals surface area contributed by atoms with Gasteiger partial charge in [0.05, 0.1) is 28.3 Å². The molecule has 20 heavy (non-hydrogen) atoms. The highest BCUT2D eigenvalue weighted by Crippen LogP contribution is 2.33. The van der Waals surface area contributed by atoms with Crippen molar-refractivity contribution in [2.75, 3.05) is 0 Å². The van der Waals surface area contributed by atoms with Gasteiger partial charge in [-0.3, -0.25) is 5.10 Å². The molecular weight excluding hydrogens is 276 g/mol. The summed E-state index contributed by atoms with van der Waals surface area (Å²) in [5.74, 6) is 0.0633. The maximum atomic E-state index is 10.4. The largest absolute Gasteiger partial charge is 0.493 e. The second kappa shape index (κ2) is 4.68. The summed E-state index contributed by atoms with van der Waals surface area (Å²) < 4.78 is 1.46. The Morgan fingerprint density at radius 2 is 2.05 bits per heavy atom.